The summed E-state index contributed by atoms with van der Waals surface area (Å²) in [7, 11) is 0. The molecule has 0 spiro atoms. The molecular formula is C30H31N5O2S. The predicted molar refractivity (Wildman–Crippen MR) is 153 cm³/mol. The van der Waals surface area contributed by atoms with Crippen LogP contribution in [0.25, 0.3) is 11.3 Å². The highest BCUT2D eigenvalue weighted by Crippen LogP contribution is 2.43. The molecule has 1 amide bonds. The van der Waals surface area contributed by atoms with Crippen molar-refractivity contribution in [1.82, 2.24) is 9.97 Å². The van der Waals surface area contributed by atoms with Gasteiger partial charge in [-0.1, -0.05) is 24.3 Å². The number of rotatable bonds is 6. The van der Waals surface area contributed by atoms with E-state index in [0.717, 1.165) is 53.6 Å². The summed E-state index contributed by atoms with van der Waals surface area (Å²) >= 11 is 1.69. The second-order valence-electron chi connectivity index (χ2n) is 9.95. The number of nitrogens with one attached hydrogen (secondary N) is 1. The third-order valence-electron chi connectivity index (χ3n) is 7.64. The molecular weight excluding hydrogens is 494 g/mol. The van der Waals surface area contributed by atoms with Gasteiger partial charge in [0.05, 0.1) is 22.5 Å². The lowest BCUT2D eigenvalue weighted by Gasteiger charge is -2.36. The van der Waals surface area contributed by atoms with E-state index in [1.807, 2.05) is 30.5 Å². The van der Waals surface area contributed by atoms with Crippen LogP contribution >= 0.6 is 11.3 Å². The van der Waals surface area contributed by atoms with Crippen molar-refractivity contribution in [3.05, 3.63) is 88.4 Å². The maximum atomic E-state index is 12.9. The monoisotopic (exact) mass is 525 g/mol. The Morgan fingerprint density at radius 2 is 1.76 bits per heavy atom. The number of hydrogen-bond acceptors (Lipinski definition) is 7. The van der Waals surface area contributed by atoms with Gasteiger partial charge in [0.25, 0.3) is 5.91 Å². The second kappa shape index (κ2) is 10.6. The molecule has 8 heteroatoms. The number of para-hydroxylation sites is 2. The Hall–Kier alpha value is -3.75. The van der Waals surface area contributed by atoms with Gasteiger partial charge in [-0.15, -0.1) is 11.3 Å². The molecule has 2 aromatic carbocycles. The summed E-state index contributed by atoms with van der Waals surface area (Å²) in [4.78, 5) is 25.0. The van der Waals surface area contributed by atoms with Crippen molar-refractivity contribution in [2.75, 3.05) is 42.3 Å². The number of thiazole rings is 1. The second-order valence-corrected chi connectivity index (χ2v) is 10.8. The fourth-order valence-electron chi connectivity index (χ4n) is 5.39. The van der Waals surface area contributed by atoms with Gasteiger partial charge in [-0.05, 0) is 67.6 Å². The van der Waals surface area contributed by atoms with E-state index in [2.05, 4.69) is 39.9 Å². The molecule has 6 rings (SSSR count). The van der Waals surface area contributed by atoms with Crippen LogP contribution in [0.4, 0.5) is 17.2 Å². The topological polar surface area (TPSA) is 93.4 Å². The van der Waals surface area contributed by atoms with Crippen molar-refractivity contribution < 1.29 is 9.53 Å². The van der Waals surface area contributed by atoms with E-state index in [1.165, 1.54) is 12.8 Å². The van der Waals surface area contributed by atoms with Crippen LogP contribution in [-0.2, 0) is 10.2 Å². The van der Waals surface area contributed by atoms with E-state index in [4.69, 9.17) is 20.4 Å². The Kier molecular flexibility index (Phi) is 6.82. The van der Waals surface area contributed by atoms with Crippen molar-refractivity contribution in [2.45, 2.75) is 31.1 Å². The van der Waals surface area contributed by atoms with Gasteiger partial charge in [0.2, 0.25) is 0 Å². The van der Waals surface area contributed by atoms with Crippen molar-refractivity contribution in [3.8, 4) is 11.3 Å². The molecule has 38 heavy (non-hydrogen) atoms. The van der Waals surface area contributed by atoms with Crippen LogP contribution in [0.15, 0.2) is 72.2 Å². The number of carbonyl (C=O) groups excluding carboxylic acids is 1. The summed E-state index contributed by atoms with van der Waals surface area (Å²) in [5.74, 6) is 0.860. The Morgan fingerprint density at radius 1 is 1.00 bits per heavy atom. The van der Waals surface area contributed by atoms with Crippen LogP contribution in [0.1, 0.15) is 46.6 Å². The third-order valence-corrected chi connectivity index (χ3v) is 8.69. The molecule has 2 aromatic heterocycles. The van der Waals surface area contributed by atoms with E-state index >= 15 is 0 Å². The van der Waals surface area contributed by atoms with Crippen LogP contribution in [0.3, 0.4) is 0 Å². The number of ether oxygens (including phenoxy) is 1. The Bertz CT molecular complexity index is 1410. The molecule has 0 bridgehead atoms. The normalized spacial score (nSPS) is 16.9. The quantitative estimate of drug-likeness (QED) is 0.312. The summed E-state index contributed by atoms with van der Waals surface area (Å²) in [6, 6.07) is 19.4. The van der Waals surface area contributed by atoms with Gasteiger partial charge >= 0.3 is 0 Å². The number of aromatic nitrogens is 2. The first kappa shape index (κ1) is 24.6. The summed E-state index contributed by atoms with van der Waals surface area (Å²) in [5.41, 5.74) is 10.6. The van der Waals surface area contributed by atoms with E-state index in [0.29, 0.717) is 30.2 Å². The fraction of sp³-hybridized carbons (Fsp3) is 0.300. The number of amides is 1. The molecule has 0 radical (unpaired) electrons. The molecule has 0 unspecified atom stereocenters. The zero-order chi connectivity index (χ0) is 26.0. The first-order valence-electron chi connectivity index (χ1n) is 13.1. The van der Waals surface area contributed by atoms with Crippen LogP contribution in [0.2, 0.25) is 0 Å². The van der Waals surface area contributed by atoms with Gasteiger partial charge in [0, 0.05) is 49.0 Å². The Balaban J connectivity index is 1.25. The van der Waals surface area contributed by atoms with E-state index in [1.54, 1.807) is 23.5 Å². The van der Waals surface area contributed by atoms with E-state index < -0.39 is 0 Å². The summed E-state index contributed by atoms with van der Waals surface area (Å²) < 4.78 is 5.75. The Morgan fingerprint density at radius 3 is 2.47 bits per heavy atom. The summed E-state index contributed by atoms with van der Waals surface area (Å²) in [6.07, 6.45) is 6.10. The fourth-order valence-corrected chi connectivity index (χ4v) is 6.50. The number of nitrogen functional groups attached to an aromatic ring is 1. The molecule has 0 atom stereocenters. The van der Waals surface area contributed by atoms with Gasteiger partial charge in [0.15, 0.2) is 0 Å². The average molecular weight is 526 g/mol. The maximum Gasteiger partial charge on any atom is 0.255 e. The zero-order valence-electron chi connectivity index (χ0n) is 21.2. The van der Waals surface area contributed by atoms with E-state index in [-0.39, 0.29) is 11.3 Å². The molecule has 2 saturated heterocycles. The minimum Gasteiger partial charge on any atom is -0.397 e. The van der Waals surface area contributed by atoms with Crippen molar-refractivity contribution >= 4 is 34.4 Å². The Labute approximate surface area is 226 Å². The van der Waals surface area contributed by atoms with Crippen LogP contribution < -0.4 is 16.0 Å². The van der Waals surface area contributed by atoms with Gasteiger partial charge in [-0.25, -0.2) is 9.97 Å². The summed E-state index contributed by atoms with van der Waals surface area (Å²) in [6.45, 7) is 3.52. The molecule has 2 aliphatic rings. The number of nitrogens with two attached hydrogens (primary N) is 1. The van der Waals surface area contributed by atoms with Crippen molar-refractivity contribution in [2.24, 2.45) is 0 Å². The molecule has 194 valence electrons. The van der Waals surface area contributed by atoms with Crippen molar-refractivity contribution in [3.63, 3.8) is 0 Å². The highest BCUT2D eigenvalue weighted by atomic mass is 32.1. The van der Waals surface area contributed by atoms with Gasteiger partial charge in [-0.3, -0.25) is 4.79 Å². The average Bonchev–Trinajstić information content (AvgIpc) is 3.68. The summed E-state index contributed by atoms with van der Waals surface area (Å²) in [5, 5.41) is 6.11. The van der Waals surface area contributed by atoms with E-state index in [9.17, 15) is 4.79 Å². The van der Waals surface area contributed by atoms with Gasteiger partial charge in [-0.2, -0.15) is 0 Å². The first-order chi connectivity index (χ1) is 18.6. The van der Waals surface area contributed by atoms with Crippen LogP contribution in [0.5, 0.6) is 0 Å². The molecule has 2 aliphatic heterocycles. The minimum atomic E-state index is -0.247. The smallest absolute Gasteiger partial charge is 0.255 e. The zero-order valence-corrected chi connectivity index (χ0v) is 22.0. The van der Waals surface area contributed by atoms with Gasteiger partial charge < -0.3 is 20.7 Å². The SMILES string of the molecule is Nc1ccccc1NC(=O)c1ccc(C2(c3nc(-c4ccc(N5CCCC5)nc4)cs3)CCOCC2)cc1. The third kappa shape index (κ3) is 4.77. The number of anilines is 3. The molecule has 2 fully saturated rings. The molecule has 4 heterocycles. The number of benzene rings is 2. The number of carbonyl (C=O) groups is 1. The molecule has 4 aromatic rings. The van der Waals surface area contributed by atoms with Crippen LogP contribution in [-0.4, -0.2) is 42.2 Å². The standard InChI is InChI=1S/C30H31N5O2S/c31-24-5-1-2-6-25(24)33-28(36)21-7-10-23(11-8-21)30(13-17-37-18-14-30)29-34-26(20-38-29)22-9-12-27(32-19-22)35-15-3-4-16-35/h1-2,5-12,19-20H,3-4,13-18,31H2,(H,33,36). The predicted octanol–water partition coefficient (Wildman–Crippen LogP) is 5.74. The first-order valence-corrected chi connectivity index (χ1v) is 14.0. The number of hydrogen-bond donors (Lipinski definition) is 2. The maximum absolute atomic E-state index is 12.9. The highest BCUT2D eigenvalue weighted by Gasteiger charge is 2.39. The lowest BCUT2D eigenvalue weighted by Crippen LogP contribution is -2.35. The van der Waals surface area contributed by atoms with Crippen molar-refractivity contribution in [1.29, 1.82) is 0 Å². The lowest BCUT2D eigenvalue weighted by molar-refractivity contribution is 0.0630. The van der Waals surface area contributed by atoms with Crippen LogP contribution in [0, 0.1) is 0 Å². The minimum absolute atomic E-state index is 0.183. The molecule has 0 saturated carbocycles. The highest BCUT2D eigenvalue weighted by molar-refractivity contribution is 7.10. The lowest BCUT2D eigenvalue weighted by atomic mass is 9.74. The molecule has 3 N–H and O–H groups in total. The number of pyridine rings is 1. The van der Waals surface area contributed by atoms with Gasteiger partial charge in [0.1, 0.15) is 10.8 Å². The molecule has 7 nitrogen and oxygen atoms in total. The molecule has 0 aliphatic carbocycles. The largest absolute Gasteiger partial charge is 0.397 e. The number of nitrogens with zero attached hydrogens (tertiary/aromatic N) is 3.